The predicted octanol–water partition coefficient (Wildman–Crippen LogP) is 1.97. The molecule has 1 aromatic carbocycles. The first kappa shape index (κ1) is 9.07. The van der Waals surface area contributed by atoms with Crippen molar-refractivity contribution in [1.29, 1.82) is 0 Å². The maximum atomic E-state index is 5.59. The molecule has 0 aliphatic heterocycles. The fourth-order valence-electron chi connectivity index (χ4n) is 1.15. The Balaban J connectivity index is 2.82. The predicted molar refractivity (Wildman–Crippen MR) is 53.1 cm³/mol. The van der Waals surface area contributed by atoms with Crippen molar-refractivity contribution in [3.8, 4) is 0 Å². The average Bonchev–Trinajstić information content (AvgIpc) is 2.04. The molecule has 0 atom stereocenters. The van der Waals surface area contributed by atoms with E-state index in [-0.39, 0.29) is 0 Å². The average molecular weight is 164 g/mol. The van der Waals surface area contributed by atoms with Gasteiger partial charge in [0.15, 0.2) is 0 Å². The second-order valence-corrected chi connectivity index (χ2v) is 3.16. The van der Waals surface area contributed by atoms with Gasteiger partial charge in [0.2, 0.25) is 0 Å². The van der Waals surface area contributed by atoms with Gasteiger partial charge in [0, 0.05) is 18.3 Å². The molecule has 0 saturated carbocycles. The molecule has 66 valence electrons. The topological polar surface area (TPSA) is 38.0 Å². The number of rotatable bonds is 3. The third-order valence-corrected chi connectivity index (χ3v) is 1.68. The van der Waals surface area contributed by atoms with Crippen LogP contribution in [-0.4, -0.2) is 6.04 Å². The molecule has 0 heterocycles. The quantitative estimate of drug-likeness (QED) is 0.716. The summed E-state index contributed by atoms with van der Waals surface area (Å²) in [5.41, 5.74) is 7.91. The van der Waals surface area contributed by atoms with Crippen LogP contribution in [0.2, 0.25) is 0 Å². The number of para-hydroxylation sites is 1. The smallest absolute Gasteiger partial charge is 0.0387 e. The van der Waals surface area contributed by atoms with Gasteiger partial charge in [0.25, 0.3) is 0 Å². The lowest BCUT2D eigenvalue weighted by Crippen LogP contribution is -2.12. The van der Waals surface area contributed by atoms with E-state index in [1.807, 2.05) is 18.2 Å². The molecule has 12 heavy (non-hydrogen) atoms. The van der Waals surface area contributed by atoms with Gasteiger partial charge < -0.3 is 11.1 Å². The first-order chi connectivity index (χ1) is 5.74. The number of nitrogens with one attached hydrogen (secondary N) is 1. The molecule has 0 radical (unpaired) electrons. The van der Waals surface area contributed by atoms with Gasteiger partial charge in [-0.15, -0.1) is 0 Å². The number of benzene rings is 1. The monoisotopic (exact) mass is 164 g/mol. The van der Waals surface area contributed by atoms with Crippen molar-refractivity contribution < 1.29 is 0 Å². The normalized spacial score (nSPS) is 10.3. The Kier molecular flexibility index (Phi) is 3.11. The van der Waals surface area contributed by atoms with Gasteiger partial charge in [-0.1, -0.05) is 18.2 Å². The van der Waals surface area contributed by atoms with E-state index in [1.165, 1.54) is 5.56 Å². The van der Waals surface area contributed by atoms with Crippen LogP contribution in [0, 0.1) is 0 Å². The van der Waals surface area contributed by atoms with Crippen LogP contribution >= 0.6 is 0 Å². The zero-order chi connectivity index (χ0) is 8.97. The van der Waals surface area contributed by atoms with Crippen molar-refractivity contribution in [2.75, 3.05) is 5.32 Å². The maximum absolute atomic E-state index is 5.59. The Morgan fingerprint density at radius 1 is 1.33 bits per heavy atom. The molecule has 2 nitrogen and oxygen atoms in total. The highest BCUT2D eigenvalue weighted by Gasteiger charge is 1.99. The summed E-state index contributed by atoms with van der Waals surface area (Å²) >= 11 is 0. The number of anilines is 1. The van der Waals surface area contributed by atoms with E-state index in [1.54, 1.807) is 0 Å². The maximum Gasteiger partial charge on any atom is 0.0387 e. The molecule has 0 aliphatic rings. The molecule has 0 amide bonds. The van der Waals surface area contributed by atoms with Crippen molar-refractivity contribution in [3.63, 3.8) is 0 Å². The second kappa shape index (κ2) is 4.12. The van der Waals surface area contributed by atoms with E-state index in [4.69, 9.17) is 5.73 Å². The Morgan fingerprint density at radius 2 is 2.00 bits per heavy atom. The molecule has 0 unspecified atom stereocenters. The van der Waals surface area contributed by atoms with E-state index in [2.05, 4.69) is 25.2 Å². The van der Waals surface area contributed by atoms with Crippen molar-refractivity contribution in [2.24, 2.45) is 5.73 Å². The third kappa shape index (κ3) is 2.24. The lowest BCUT2D eigenvalue weighted by molar-refractivity contribution is 0.892. The fraction of sp³-hybridized carbons (Fsp3) is 0.400. The van der Waals surface area contributed by atoms with Gasteiger partial charge in [0.1, 0.15) is 0 Å². The summed E-state index contributed by atoms with van der Waals surface area (Å²) < 4.78 is 0. The van der Waals surface area contributed by atoms with Crippen LogP contribution in [0.25, 0.3) is 0 Å². The Morgan fingerprint density at radius 3 is 2.58 bits per heavy atom. The molecule has 1 rings (SSSR count). The minimum atomic E-state index is 0.456. The second-order valence-electron chi connectivity index (χ2n) is 3.16. The lowest BCUT2D eigenvalue weighted by Gasteiger charge is -2.13. The highest BCUT2D eigenvalue weighted by molar-refractivity contribution is 5.51. The van der Waals surface area contributed by atoms with Crippen LogP contribution in [0.1, 0.15) is 19.4 Å². The minimum Gasteiger partial charge on any atom is -0.383 e. The molecule has 0 saturated heterocycles. The first-order valence-electron chi connectivity index (χ1n) is 4.28. The number of nitrogens with two attached hydrogens (primary N) is 1. The van der Waals surface area contributed by atoms with Crippen molar-refractivity contribution in [1.82, 2.24) is 0 Å². The van der Waals surface area contributed by atoms with Crippen molar-refractivity contribution in [2.45, 2.75) is 26.4 Å². The largest absolute Gasteiger partial charge is 0.383 e. The highest BCUT2D eigenvalue weighted by atomic mass is 14.9. The molecule has 3 N–H and O–H groups in total. The van der Waals surface area contributed by atoms with Gasteiger partial charge >= 0.3 is 0 Å². The lowest BCUT2D eigenvalue weighted by atomic mass is 10.1. The van der Waals surface area contributed by atoms with Gasteiger partial charge in [-0.3, -0.25) is 0 Å². The number of hydrogen-bond acceptors (Lipinski definition) is 2. The minimum absolute atomic E-state index is 0.456. The summed E-state index contributed by atoms with van der Waals surface area (Å²) in [6.07, 6.45) is 0. The SMILES string of the molecule is CC(C)Nc1ccccc1CN. The Hall–Kier alpha value is -1.02. The molecule has 0 aliphatic carbocycles. The fourth-order valence-corrected chi connectivity index (χ4v) is 1.15. The summed E-state index contributed by atoms with van der Waals surface area (Å²) in [6.45, 7) is 4.83. The molecular weight excluding hydrogens is 148 g/mol. The van der Waals surface area contributed by atoms with Crippen LogP contribution in [0.5, 0.6) is 0 Å². The van der Waals surface area contributed by atoms with E-state index in [9.17, 15) is 0 Å². The molecular formula is C10H16N2. The van der Waals surface area contributed by atoms with Gasteiger partial charge in [-0.25, -0.2) is 0 Å². The molecule has 0 spiro atoms. The van der Waals surface area contributed by atoms with Crippen LogP contribution in [0.4, 0.5) is 5.69 Å². The molecule has 0 bridgehead atoms. The van der Waals surface area contributed by atoms with Gasteiger partial charge in [-0.05, 0) is 25.5 Å². The van der Waals surface area contributed by atoms with Crippen molar-refractivity contribution in [3.05, 3.63) is 29.8 Å². The van der Waals surface area contributed by atoms with Crippen LogP contribution in [-0.2, 0) is 6.54 Å². The molecule has 0 aromatic heterocycles. The van der Waals surface area contributed by atoms with Crippen LogP contribution < -0.4 is 11.1 Å². The van der Waals surface area contributed by atoms with E-state index in [0.29, 0.717) is 12.6 Å². The number of hydrogen-bond donors (Lipinski definition) is 2. The van der Waals surface area contributed by atoms with Gasteiger partial charge in [0.05, 0.1) is 0 Å². The van der Waals surface area contributed by atoms with E-state index in [0.717, 1.165) is 5.69 Å². The molecule has 2 heteroatoms. The molecule has 0 fully saturated rings. The Labute approximate surface area is 73.8 Å². The van der Waals surface area contributed by atoms with Crippen molar-refractivity contribution >= 4 is 5.69 Å². The summed E-state index contributed by atoms with van der Waals surface area (Å²) in [5, 5.41) is 3.34. The van der Waals surface area contributed by atoms with Crippen LogP contribution in [0.15, 0.2) is 24.3 Å². The highest BCUT2D eigenvalue weighted by Crippen LogP contribution is 2.14. The van der Waals surface area contributed by atoms with E-state index < -0.39 is 0 Å². The van der Waals surface area contributed by atoms with Crippen LogP contribution in [0.3, 0.4) is 0 Å². The summed E-state index contributed by atoms with van der Waals surface area (Å²) in [5.74, 6) is 0. The zero-order valence-corrected chi connectivity index (χ0v) is 7.67. The Bertz CT molecular complexity index is 243. The zero-order valence-electron chi connectivity index (χ0n) is 7.67. The molecule has 1 aromatic rings. The van der Waals surface area contributed by atoms with Gasteiger partial charge in [-0.2, -0.15) is 0 Å². The third-order valence-electron chi connectivity index (χ3n) is 1.68. The summed E-state index contributed by atoms with van der Waals surface area (Å²) in [7, 11) is 0. The summed E-state index contributed by atoms with van der Waals surface area (Å²) in [6, 6.07) is 8.59. The summed E-state index contributed by atoms with van der Waals surface area (Å²) in [4.78, 5) is 0. The first-order valence-corrected chi connectivity index (χ1v) is 4.28. The van der Waals surface area contributed by atoms with E-state index >= 15 is 0 Å². The standard InChI is InChI=1S/C10H16N2/c1-8(2)12-10-6-4-3-5-9(10)7-11/h3-6,8,12H,7,11H2,1-2H3.